The Labute approximate surface area is 253 Å². The first-order valence-corrected chi connectivity index (χ1v) is 15.5. The number of carbonyl (C=O) groups excluding carboxylic acids is 1. The molecule has 6 heteroatoms. The normalized spacial score (nSPS) is 14.4. The molecule has 232 valence electrons. The van der Waals surface area contributed by atoms with Crippen LogP contribution in [0.25, 0.3) is 0 Å². The zero-order valence-electron chi connectivity index (χ0n) is 27.7. The third-order valence-corrected chi connectivity index (χ3v) is 7.91. The second-order valence-electron chi connectivity index (χ2n) is 13.9. The van der Waals surface area contributed by atoms with E-state index in [9.17, 15) is 14.7 Å². The summed E-state index contributed by atoms with van der Waals surface area (Å²) < 4.78 is 16.8. The lowest BCUT2D eigenvalue weighted by molar-refractivity contribution is -0.154. The van der Waals surface area contributed by atoms with Crippen LogP contribution in [-0.4, -0.2) is 22.6 Å². The molecular weight excluding hydrogens is 528 g/mol. The van der Waals surface area contributed by atoms with E-state index in [0.29, 0.717) is 56.5 Å². The summed E-state index contributed by atoms with van der Waals surface area (Å²) in [7, 11) is 0. The molecule has 42 heavy (non-hydrogen) atoms. The van der Waals surface area contributed by atoms with Crippen LogP contribution in [0.1, 0.15) is 155 Å². The Morgan fingerprint density at radius 2 is 1.12 bits per heavy atom. The number of hydrogen-bond acceptors (Lipinski definition) is 5. The second kappa shape index (κ2) is 13.7. The van der Waals surface area contributed by atoms with E-state index in [1.54, 1.807) is 0 Å². The largest absolute Gasteiger partial charge is 0.481 e. The van der Waals surface area contributed by atoms with Gasteiger partial charge in [-0.3, -0.25) is 9.59 Å². The molecule has 1 N–H and O–H groups in total. The Hall–Kier alpha value is -2.70. The average Bonchev–Trinajstić information content (AvgIpc) is 3.50. The van der Waals surface area contributed by atoms with Gasteiger partial charge >= 0.3 is 11.9 Å². The molecule has 0 unspecified atom stereocenters. The molecular formula is C36H52O6. The van der Waals surface area contributed by atoms with Gasteiger partial charge in [0.2, 0.25) is 0 Å². The van der Waals surface area contributed by atoms with Gasteiger partial charge in [0.05, 0.1) is 39.3 Å². The molecule has 2 aliphatic rings. The van der Waals surface area contributed by atoms with E-state index in [-0.39, 0.29) is 12.4 Å². The van der Waals surface area contributed by atoms with E-state index in [0.717, 1.165) is 16.7 Å². The van der Waals surface area contributed by atoms with E-state index in [1.165, 1.54) is 38.9 Å². The summed E-state index contributed by atoms with van der Waals surface area (Å²) in [5.74, 6) is 0.474. The third-order valence-electron chi connectivity index (χ3n) is 7.91. The summed E-state index contributed by atoms with van der Waals surface area (Å²) in [6.07, 6.45) is 0.444. The lowest BCUT2D eigenvalue weighted by Crippen LogP contribution is -2.26. The number of rotatable bonds is 8. The van der Waals surface area contributed by atoms with Crippen LogP contribution < -0.4 is 0 Å². The molecule has 0 atom stereocenters. The first-order chi connectivity index (χ1) is 19.5. The van der Waals surface area contributed by atoms with E-state index in [1.807, 2.05) is 20.8 Å². The van der Waals surface area contributed by atoms with Gasteiger partial charge in [0.25, 0.3) is 0 Å². The number of carboxylic acid groups (broad SMARTS) is 1. The quantitative estimate of drug-likeness (QED) is 0.316. The lowest BCUT2D eigenvalue weighted by Gasteiger charge is -2.24. The number of fused-ring (bicyclic) bond motifs is 2. The van der Waals surface area contributed by atoms with Crippen LogP contribution in [0, 0.1) is 0 Å². The Morgan fingerprint density at radius 1 is 0.714 bits per heavy atom. The first-order valence-electron chi connectivity index (χ1n) is 15.5. The van der Waals surface area contributed by atoms with Crippen LogP contribution in [0.5, 0.6) is 0 Å². The summed E-state index contributed by atoms with van der Waals surface area (Å²) in [6.45, 7) is 25.6. The molecule has 2 heterocycles. The molecule has 0 aromatic heterocycles. The van der Waals surface area contributed by atoms with Crippen molar-refractivity contribution < 1.29 is 28.9 Å². The minimum atomic E-state index is -0.761. The van der Waals surface area contributed by atoms with Gasteiger partial charge in [-0.25, -0.2) is 0 Å². The van der Waals surface area contributed by atoms with Crippen LogP contribution in [0.4, 0.5) is 0 Å². The van der Waals surface area contributed by atoms with Gasteiger partial charge in [-0.15, -0.1) is 0 Å². The van der Waals surface area contributed by atoms with Crippen LogP contribution in [-0.2, 0) is 63.1 Å². The molecule has 6 nitrogen and oxygen atoms in total. The maximum absolute atomic E-state index is 12.4. The van der Waals surface area contributed by atoms with Gasteiger partial charge < -0.3 is 19.3 Å². The Kier molecular flexibility index (Phi) is 11.0. The molecule has 2 aromatic rings. The summed E-state index contributed by atoms with van der Waals surface area (Å²) in [4.78, 5) is 23.6. The van der Waals surface area contributed by atoms with Gasteiger partial charge in [0.15, 0.2) is 0 Å². The second-order valence-corrected chi connectivity index (χ2v) is 13.9. The van der Waals surface area contributed by atoms with Crippen molar-refractivity contribution in [3.63, 3.8) is 0 Å². The van der Waals surface area contributed by atoms with E-state index in [4.69, 9.17) is 14.2 Å². The molecule has 4 rings (SSSR count). The van der Waals surface area contributed by atoms with Crippen molar-refractivity contribution in [2.24, 2.45) is 0 Å². The highest BCUT2D eigenvalue weighted by molar-refractivity contribution is 5.75. The molecule has 0 radical (unpaired) electrons. The third kappa shape index (κ3) is 8.02. The van der Waals surface area contributed by atoms with Gasteiger partial charge in [0.1, 0.15) is 5.60 Å². The summed E-state index contributed by atoms with van der Waals surface area (Å²) in [5, 5.41) is 9.20. The van der Waals surface area contributed by atoms with Gasteiger partial charge in [-0.2, -0.15) is 0 Å². The van der Waals surface area contributed by atoms with Crippen molar-refractivity contribution in [2.45, 2.75) is 145 Å². The fraction of sp³-hybridized carbons (Fsp3) is 0.611. The van der Waals surface area contributed by atoms with E-state index >= 15 is 0 Å². The Balaban J connectivity index is 0.000000235. The van der Waals surface area contributed by atoms with Gasteiger partial charge in [-0.05, 0) is 100 Å². The fourth-order valence-corrected chi connectivity index (χ4v) is 6.36. The molecule has 0 fully saturated rings. The number of aliphatic carboxylic acids is 1. The SMILES string of the molecule is CC(C)c1cc2c(c(C(C)C)c1CC(=O)O)COC2.CC(C)c1cc2c(c(C(C)C)c1CC(=O)OC(C)(C)C)COC2. The topological polar surface area (TPSA) is 82.1 Å². The van der Waals surface area contributed by atoms with E-state index in [2.05, 4.69) is 67.5 Å². The van der Waals surface area contributed by atoms with Crippen molar-refractivity contribution in [3.8, 4) is 0 Å². The van der Waals surface area contributed by atoms with Crippen molar-refractivity contribution >= 4 is 11.9 Å². The maximum atomic E-state index is 12.4. The minimum absolute atomic E-state index is 0.105. The van der Waals surface area contributed by atoms with Crippen LogP contribution >= 0.6 is 0 Å². The standard InChI is InChI=1S/C20H30O3.C16H22O3/c1-12(2)15-8-14-10-22-11-17(14)19(13(3)4)16(15)9-18(21)23-20(5,6)7;1-9(2)12-5-11-7-19-8-14(11)16(10(3)4)13(12)6-15(17)18/h8,12-13H,9-11H2,1-7H3;5,9-10H,6-8H2,1-4H3,(H,17,18). The lowest BCUT2D eigenvalue weighted by atomic mass is 9.82. The highest BCUT2D eigenvalue weighted by Gasteiger charge is 2.28. The molecule has 0 amide bonds. The van der Waals surface area contributed by atoms with Crippen LogP contribution in [0.3, 0.4) is 0 Å². The van der Waals surface area contributed by atoms with Crippen LogP contribution in [0.2, 0.25) is 0 Å². The fourth-order valence-electron chi connectivity index (χ4n) is 6.36. The molecule has 2 aromatic carbocycles. The number of esters is 1. The van der Waals surface area contributed by atoms with Crippen molar-refractivity contribution in [1.29, 1.82) is 0 Å². The Bertz CT molecular complexity index is 1290. The zero-order valence-corrected chi connectivity index (χ0v) is 27.7. The number of carboxylic acids is 1. The predicted molar refractivity (Wildman–Crippen MR) is 167 cm³/mol. The highest BCUT2D eigenvalue weighted by atomic mass is 16.6. The number of hydrogen-bond donors (Lipinski definition) is 1. The molecule has 0 aliphatic carbocycles. The predicted octanol–water partition coefficient (Wildman–Crippen LogP) is 8.44. The number of carbonyl (C=O) groups is 2. The molecule has 0 spiro atoms. The van der Waals surface area contributed by atoms with Crippen molar-refractivity contribution in [3.05, 3.63) is 67.8 Å². The maximum Gasteiger partial charge on any atom is 0.310 e. The molecule has 0 saturated heterocycles. The summed E-state index contributed by atoms with van der Waals surface area (Å²) in [5.41, 5.74) is 11.6. The van der Waals surface area contributed by atoms with E-state index < -0.39 is 11.6 Å². The highest BCUT2D eigenvalue weighted by Crippen LogP contribution is 2.38. The molecule has 2 aliphatic heterocycles. The summed E-state index contributed by atoms with van der Waals surface area (Å²) >= 11 is 0. The number of ether oxygens (including phenoxy) is 3. The first kappa shape index (κ1) is 33.8. The minimum Gasteiger partial charge on any atom is -0.481 e. The van der Waals surface area contributed by atoms with Gasteiger partial charge in [0, 0.05) is 0 Å². The molecule has 0 saturated carbocycles. The monoisotopic (exact) mass is 580 g/mol. The van der Waals surface area contributed by atoms with Crippen LogP contribution in [0.15, 0.2) is 12.1 Å². The van der Waals surface area contributed by atoms with Crippen molar-refractivity contribution in [1.82, 2.24) is 0 Å². The average molecular weight is 581 g/mol. The summed E-state index contributed by atoms with van der Waals surface area (Å²) in [6, 6.07) is 4.38. The van der Waals surface area contributed by atoms with Gasteiger partial charge in [-0.1, -0.05) is 67.5 Å². The van der Waals surface area contributed by atoms with Crippen molar-refractivity contribution in [2.75, 3.05) is 0 Å². The smallest absolute Gasteiger partial charge is 0.310 e. The zero-order chi connectivity index (χ0) is 31.5. The molecule has 0 bridgehead atoms. The number of benzene rings is 2. The Morgan fingerprint density at radius 3 is 1.45 bits per heavy atom.